The number of carbonyl (C=O) groups is 1. The van der Waals surface area contributed by atoms with Gasteiger partial charge in [-0.2, -0.15) is 5.26 Å². The van der Waals surface area contributed by atoms with E-state index >= 15 is 0 Å². The van der Waals surface area contributed by atoms with Crippen LogP contribution in [0.1, 0.15) is 11.1 Å². The van der Waals surface area contributed by atoms with Gasteiger partial charge in [-0.25, -0.2) is 4.98 Å². The van der Waals surface area contributed by atoms with E-state index in [2.05, 4.69) is 22.0 Å². The summed E-state index contributed by atoms with van der Waals surface area (Å²) in [5, 5.41) is 10.5. The largest absolute Gasteiger partial charge is 0.460 e. The van der Waals surface area contributed by atoms with E-state index < -0.39 is 0 Å². The van der Waals surface area contributed by atoms with Crippen LogP contribution in [0.15, 0.2) is 100 Å². The number of thioether (sulfide) groups is 1. The zero-order chi connectivity index (χ0) is 23.0. The van der Waals surface area contributed by atoms with Crippen LogP contribution in [0.4, 0.5) is 0 Å². The van der Waals surface area contributed by atoms with Crippen molar-refractivity contribution in [1.82, 2.24) is 4.98 Å². The molecule has 1 aromatic heterocycles. The maximum atomic E-state index is 12.4. The summed E-state index contributed by atoms with van der Waals surface area (Å²) in [6.07, 6.45) is 0. The Morgan fingerprint density at radius 2 is 1.61 bits per heavy atom. The lowest BCUT2D eigenvalue weighted by Crippen LogP contribution is -2.08. The first-order valence-corrected chi connectivity index (χ1v) is 12.0. The molecule has 4 rings (SSSR count). The van der Waals surface area contributed by atoms with Crippen LogP contribution < -0.4 is 0 Å². The summed E-state index contributed by atoms with van der Waals surface area (Å²) in [7, 11) is 0. The molecule has 4 nitrogen and oxygen atoms in total. The molecular weight excluding hydrogens is 496 g/mol. The fourth-order valence-electron chi connectivity index (χ4n) is 3.26. The van der Waals surface area contributed by atoms with Gasteiger partial charge in [0.05, 0.1) is 17.0 Å². The van der Waals surface area contributed by atoms with Gasteiger partial charge in [0.1, 0.15) is 17.7 Å². The highest BCUT2D eigenvalue weighted by molar-refractivity contribution is 9.10. The normalized spacial score (nSPS) is 10.4. The maximum Gasteiger partial charge on any atom is 0.316 e. The van der Waals surface area contributed by atoms with Crippen molar-refractivity contribution in [2.75, 3.05) is 5.75 Å². The molecule has 0 saturated carbocycles. The van der Waals surface area contributed by atoms with Crippen LogP contribution in [0.25, 0.3) is 22.4 Å². The Labute approximate surface area is 205 Å². The van der Waals surface area contributed by atoms with E-state index in [1.54, 1.807) is 0 Å². The molecule has 0 saturated heterocycles. The van der Waals surface area contributed by atoms with Crippen LogP contribution in [-0.2, 0) is 16.1 Å². The van der Waals surface area contributed by atoms with Crippen molar-refractivity contribution < 1.29 is 9.53 Å². The van der Waals surface area contributed by atoms with Gasteiger partial charge in [0.25, 0.3) is 0 Å². The van der Waals surface area contributed by atoms with Gasteiger partial charge < -0.3 is 4.74 Å². The second kappa shape index (κ2) is 11.0. The van der Waals surface area contributed by atoms with Gasteiger partial charge in [-0.3, -0.25) is 4.79 Å². The first-order valence-electron chi connectivity index (χ1n) is 10.2. The number of carbonyl (C=O) groups excluding carboxylic acids is 1. The molecule has 0 fully saturated rings. The van der Waals surface area contributed by atoms with Gasteiger partial charge in [0.15, 0.2) is 0 Å². The van der Waals surface area contributed by atoms with Crippen LogP contribution in [0.5, 0.6) is 0 Å². The number of rotatable bonds is 7. The Bertz CT molecular complexity index is 1290. The standard InChI is InChI=1S/C27H19BrN2O2S/c28-22-13-11-20(12-14-22)23-15-25(21-9-5-2-6-10-21)30-27(24(23)16-29)33-18-26(31)32-17-19-7-3-1-4-8-19/h1-15H,17-18H2. The smallest absolute Gasteiger partial charge is 0.316 e. The maximum absolute atomic E-state index is 12.4. The number of hydrogen-bond acceptors (Lipinski definition) is 5. The van der Waals surface area contributed by atoms with Gasteiger partial charge in [0.2, 0.25) is 0 Å². The number of halogens is 1. The molecule has 0 aliphatic heterocycles. The number of esters is 1. The molecule has 3 aromatic carbocycles. The topological polar surface area (TPSA) is 63.0 Å². The second-order valence-corrected chi connectivity index (χ2v) is 9.03. The zero-order valence-electron chi connectivity index (χ0n) is 17.6. The number of pyridine rings is 1. The highest BCUT2D eigenvalue weighted by Crippen LogP contribution is 2.34. The molecule has 0 atom stereocenters. The molecule has 1 heterocycles. The minimum Gasteiger partial charge on any atom is -0.460 e. The van der Waals surface area contributed by atoms with Crippen molar-refractivity contribution in [3.8, 4) is 28.5 Å². The number of aromatic nitrogens is 1. The lowest BCUT2D eigenvalue weighted by atomic mass is 9.99. The van der Waals surface area contributed by atoms with E-state index in [4.69, 9.17) is 9.72 Å². The Morgan fingerprint density at radius 3 is 2.27 bits per heavy atom. The fourth-order valence-corrected chi connectivity index (χ4v) is 4.32. The summed E-state index contributed by atoms with van der Waals surface area (Å²) >= 11 is 4.68. The summed E-state index contributed by atoms with van der Waals surface area (Å²) in [6, 6.07) is 31.3. The second-order valence-electron chi connectivity index (χ2n) is 7.15. The van der Waals surface area contributed by atoms with Crippen LogP contribution in [-0.4, -0.2) is 16.7 Å². The molecule has 162 valence electrons. The highest BCUT2D eigenvalue weighted by atomic mass is 79.9. The zero-order valence-corrected chi connectivity index (χ0v) is 20.0. The fraction of sp³-hybridized carbons (Fsp3) is 0.0741. The molecule has 0 aliphatic carbocycles. The Hall–Kier alpha value is -3.40. The van der Waals surface area contributed by atoms with Crippen molar-refractivity contribution in [2.24, 2.45) is 0 Å². The number of hydrogen-bond donors (Lipinski definition) is 0. The molecule has 0 spiro atoms. The summed E-state index contributed by atoms with van der Waals surface area (Å²) in [5.74, 6) is -0.295. The summed E-state index contributed by atoms with van der Waals surface area (Å²) in [4.78, 5) is 17.1. The van der Waals surface area contributed by atoms with Crippen molar-refractivity contribution >= 4 is 33.7 Å². The van der Waals surface area contributed by atoms with Gasteiger partial charge in [-0.05, 0) is 29.3 Å². The molecule has 6 heteroatoms. The molecule has 0 radical (unpaired) electrons. The predicted molar refractivity (Wildman–Crippen MR) is 134 cm³/mol. The monoisotopic (exact) mass is 514 g/mol. The third-order valence-corrected chi connectivity index (χ3v) is 6.37. The average molecular weight is 515 g/mol. The minimum absolute atomic E-state index is 0.0620. The lowest BCUT2D eigenvalue weighted by molar-refractivity contribution is -0.141. The molecule has 4 aromatic rings. The SMILES string of the molecule is N#Cc1c(-c2ccc(Br)cc2)cc(-c2ccccc2)nc1SCC(=O)OCc1ccccc1. The third kappa shape index (κ3) is 5.89. The molecule has 33 heavy (non-hydrogen) atoms. The van der Waals surface area contributed by atoms with Gasteiger partial charge >= 0.3 is 5.97 Å². The molecule has 0 bridgehead atoms. The van der Waals surface area contributed by atoms with Gasteiger partial charge in [-0.1, -0.05) is 100 Å². The first-order chi connectivity index (χ1) is 16.1. The first kappa shape index (κ1) is 22.8. The number of nitriles is 1. The quantitative estimate of drug-likeness (QED) is 0.198. The van der Waals surface area contributed by atoms with E-state index in [9.17, 15) is 10.1 Å². The molecular formula is C27H19BrN2O2S. The number of nitrogens with zero attached hydrogens (tertiary/aromatic N) is 2. The summed E-state index contributed by atoms with van der Waals surface area (Å²) in [5.41, 5.74) is 4.73. The van der Waals surface area contributed by atoms with Crippen LogP contribution >= 0.6 is 27.7 Å². The van der Waals surface area contributed by atoms with Gasteiger partial charge in [-0.15, -0.1) is 0 Å². The summed E-state index contributed by atoms with van der Waals surface area (Å²) in [6.45, 7) is 0.215. The van der Waals surface area contributed by atoms with Crippen molar-refractivity contribution in [3.05, 3.63) is 107 Å². The Kier molecular flexibility index (Phi) is 7.56. The van der Waals surface area contributed by atoms with Crippen LogP contribution in [0, 0.1) is 11.3 Å². The van der Waals surface area contributed by atoms with Crippen molar-refractivity contribution in [2.45, 2.75) is 11.6 Å². The Morgan fingerprint density at radius 1 is 0.939 bits per heavy atom. The van der Waals surface area contributed by atoms with E-state index in [0.29, 0.717) is 10.6 Å². The molecule has 0 N–H and O–H groups in total. The third-order valence-electron chi connectivity index (χ3n) is 4.89. The van der Waals surface area contributed by atoms with Crippen molar-refractivity contribution in [3.63, 3.8) is 0 Å². The van der Waals surface area contributed by atoms with E-state index in [1.165, 1.54) is 11.8 Å². The number of ether oxygens (including phenoxy) is 1. The van der Waals surface area contributed by atoms with Crippen LogP contribution in [0.2, 0.25) is 0 Å². The highest BCUT2D eigenvalue weighted by Gasteiger charge is 2.17. The average Bonchev–Trinajstić information content (AvgIpc) is 2.87. The molecule has 0 unspecified atom stereocenters. The Balaban J connectivity index is 1.63. The predicted octanol–water partition coefficient (Wildman–Crippen LogP) is 6.89. The molecule has 0 amide bonds. The molecule has 0 aliphatic rings. The van der Waals surface area contributed by atoms with E-state index in [1.807, 2.05) is 91.0 Å². The van der Waals surface area contributed by atoms with Gasteiger partial charge in [0, 0.05) is 15.6 Å². The van der Waals surface area contributed by atoms with Crippen LogP contribution in [0.3, 0.4) is 0 Å². The van der Waals surface area contributed by atoms with E-state index in [-0.39, 0.29) is 18.3 Å². The number of benzene rings is 3. The lowest BCUT2D eigenvalue weighted by Gasteiger charge is -2.13. The van der Waals surface area contributed by atoms with Crippen molar-refractivity contribution in [1.29, 1.82) is 5.26 Å². The van der Waals surface area contributed by atoms with E-state index in [0.717, 1.165) is 32.4 Å². The minimum atomic E-state index is -0.357. The summed E-state index contributed by atoms with van der Waals surface area (Å²) < 4.78 is 6.35.